The Bertz CT molecular complexity index is 930. The third-order valence-electron chi connectivity index (χ3n) is 4.93. The van der Waals surface area contributed by atoms with Crippen molar-refractivity contribution in [2.45, 2.75) is 59.4 Å². The molecule has 0 aliphatic heterocycles. The van der Waals surface area contributed by atoms with E-state index in [9.17, 15) is 9.59 Å². The molecule has 2 aromatic rings. The van der Waals surface area contributed by atoms with Crippen LogP contribution in [0.4, 0.5) is 9.93 Å². The zero-order chi connectivity index (χ0) is 21.1. The maximum Gasteiger partial charge on any atom is 0.453 e. The van der Waals surface area contributed by atoms with Crippen LogP contribution in [0.15, 0.2) is 0 Å². The van der Waals surface area contributed by atoms with Crippen LogP contribution in [0.5, 0.6) is 0 Å². The number of carbonyl (C=O) groups is 2. The topological polar surface area (TPSA) is 121 Å². The van der Waals surface area contributed by atoms with Crippen LogP contribution in [0.3, 0.4) is 0 Å². The van der Waals surface area contributed by atoms with Gasteiger partial charge >= 0.3 is 12.1 Å². The normalized spacial score (nSPS) is 15.5. The van der Waals surface area contributed by atoms with Crippen molar-refractivity contribution in [1.29, 1.82) is 0 Å². The van der Waals surface area contributed by atoms with Gasteiger partial charge in [0.15, 0.2) is 10.8 Å². The first kappa shape index (κ1) is 21.0. The molecule has 0 aromatic carbocycles. The molecule has 0 saturated heterocycles. The highest BCUT2D eigenvalue weighted by molar-refractivity contribution is 7.15. The standard InChI is InChI=1S/C19H25N5O4S/c1-5-8-24(13-6-7-14-15(9-13)29-18(20)23-14)19(26)28-27-17(25)16-12(4)21-10(2)11(3)22-16/h13H,5-9H2,1-4H3,(H2,20,23). The molecule has 0 fully saturated rings. The molecule has 1 aliphatic carbocycles. The summed E-state index contributed by atoms with van der Waals surface area (Å²) in [5.41, 5.74) is 8.60. The summed E-state index contributed by atoms with van der Waals surface area (Å²) < 4.78 is 0. The van der Waals surface area contributed by atoms with Crippen molar-refractivity contribution in [2.75, 3.05) is 12.3 Å². The van der Waals surface area contributed by atoms with E-state index in [1.165, 1.54) is 11.3 Å². The van der Waals surface area contributed by atoms with E-state index in [0.717, 1.165) is 35.5 Å². The van der Waals surface area contributed by atoms with E-state index >= 15 is 0 Å². The van der Waals surface area contributed by atoms with Crippen molar-refractivity contribution in [3.63, 3.8) is 0 Å². The summed E-state index contributed by atoms with van der Waals surface area (Å²) >= 11 is 1.45. The minimum Gasteiger partial charge on any atom is -0.375 e. The minimum atomic E-state index is -0.843. The van der Waals surface area contributed by atoms with Gasteiger partial charge in [-0.2, -0.15) is 0 Å². The highest BCUT2D eigenvalue weighted by Gasteiger charge is 2.31. The molecule has 0 spiro atoms. The van der Waals surface area contributed by atoms with E-state index in [0.29, 0.717) is 29.5 Å². The molecule has 3 rings (SSSR count). The van der Waals surface area contributed by atoms with E-state index in [2.05, 4.69) is 15.0 Å². The molecule has 2 N–H and O–H groups in total. The maximum atomic E-state index is 12.6. The lowest BCUT2D eigenvalue weighted by atomic mass is 9.96. The summed E-state index contributed by atoms with van der Waals surface area (Å²) in [7, 11) is 0. The van der Waals surface area contributed by atoms with E-state index in [-0.39, 0.29) is 11.7 Å². The Morgan fingerprint density at radius 2 is 1.86 bits per heavy atom. The Kier molecular flexibility index (Phi) is 6.31. The summed E-state index contributed by atoms with van der Waals surface area (Å²) in [4.78, 5) is 50.1. The van der Waals surface area contributed by atoms with Gasteiger partial charge in [0.2, 0.25) is 0 Å². The lowest BCUT2D eigenvalue weighted by Gasteiger charge is -2.32. The van der Waals surface area contributed by atoms with Crippen molar-refractivity contribution in [3.05, 3.63) is 33.3 Å². The lowest BCUT2D eigenvalue weighted by molar-refractivity contribution is -0.194. The van der Waals surface area contributed by atoms with Crippen molar-refractivity contribution >= 4 is 28.5 Å². The Morgan fingerprint density at radius 3 is 2.59 bits per heavy atom. The predicted molar refractivity (Wildman–Crippen MR) is 107 cm³/mol. The van der Waals surface area contributed by atoms with Crippen LogP contribution in [0.1, 0.15) is 57.9 Å². The second-order valence-corrected chi connectivity index (χ2v) is 8.18. The second-order valence-electron chi connectivity index (χ2n) is 7.06. The number of fused-ring (bicyclic) bond motifs is 1. The van der Waals surface area contributed by atoms with Gasteiger partial charge < -0.3 is 10.6 Å². The number of aromatic nitrogens is 3. The predicted octanol–water partition coefficient (Wildman–Crippen LogP) is 2.92. The van der Waals surface area contributed by atoms with Crippen LogP contribution in [0.2, 0.25) is 0 Å². The SMILES string of the molecule is CCCN(C(=O)OOC(=O)c1nc(C)c(C)nc1C)C1CCc2nc(N)sc2C1. The number of rotatable bonds is 4. The number of amides is 1. The van der Waals surface area contributed by atoms with Crippen molar-refractivity contribution < 1.29 is 19.4 Å². The second kappa shape index (κ2) is 8.73. The number of nitrogens with zero attached hydrogens (tertiary/aromatic N) is 4. The summed E-state index contributed by atoms with van der Waals surface area (Å²) in [5, 5.41) is 0.541. The average molecular weight is 420 g/mol. The molecular weight excluding hydrogens is 394 g/mol. The largest absolute Gasteiger partial charge is 0.453 e. The highest BCUT2D eigenvalue weighted by atomic mass is 32.1. The highest BCUT2D eigenvalue weighted by Crippen LogP contribution is 2.30. The van der Waals surface area contributed by atoms with Crippen LogP contribution in [0, 0.1) is 20.8 Å². The van der Waals surface area contributed by atoms with Crippen LogP contribution in [0.25, 0.3) is 0 Å². The number of aryl methyl sites for hydroxylation is 4. The molecule has 1 aliphatic rings. The smallest absolute Gasteiger partial charge is 0.375 e. The molecule has 156 valence electrons. The molecule has 1 atom stereocenters. The minimum absolute atomic E-state index is 0.0328. The number of nitrogens with two attached hydrogens (primary N) is 1. The monoisotopic (exact) mass is 419 g/mol. The first-order chi connectivity index (χ1) is 13.8. The summed E-state index contributed by atoms with van der Waals surface area (Å²) in [5.74, 6) is -0.843. The van der Waals surface area contributed by atoms with E-state index < -0.39 is 12.1 Å². The van der Waals surface area contributed by atoms with Crippen LogP contribution < -0.4 is 5.73 Å². The van der Waals surface area contributed by atoms with Gasteiger partial charge in [0.1, 0.15) is 0 Å². The number of hydrogen-bond acceptors (Lipinski definition) is 9. The molecule has 29 heavy (non-hydrogen) atoms. The van der Waals surface area contributed by atoms with E-state index in [1.807, 2.05) is 6.92 Å². The molecule has 1 amide bonds. The summed E-state index contributed by atoms with van der Waals surface area (Å²) in [6, 6.07) is -0.0587. The van der Waals surface area contributed by atoms with Gasteiger partial charge in [-0.05, 0) is 40.0 Å². The number of anilines is 1. The average Bonchev–Trinajstić information content (AvgIpc) is 3.05. The first-order valence-corrected chi connectivity index (χ1v) is 10.4. The van der Waals surface area contributed by atoms with Crippen LogP contribution in [-0.4, -0.2) is 44.5 Å². The lowest BCUT2D eigenvalue weighted by Crippen LogP contribution is -2.44. The van der Waals surface area contributed by atoms with Gasteiger partial charge in [-0.25, -0.2) is 29.3 Å². The molecule has 2 heterocycles. The van der Waals surface area contributed by atoms with Crippen LogP contribution >= 0.6 is 11.3 Å². The Balaban J connectivity index is 1.66. The van der Waals surface area contributed by atoms with Gasteiger partial charge in [0, 0.05) is 23.9 Å². The Hall–Kier alpha value is -2.75. The van der Waals surface area contributed by atoms with E-state index in [4.69, 9.17) is 15.5 Å². The Morgan fingerprint density at radius 1 is 1.14 bits per heavy atom. The van der Waals surface area contributed by atoms with Gasteiger partial charge in [-0.1, -0.05) is 6.92 Å². The van der Waals surface area contributed by atoms with Crippen LogP contribution in [-0.2, 0) is 22.6 Å². The summed E-state index contributed by atoms with van der Waals surface area (Å²) in [6.07, 6.45) is 2.22. The number of thiazole rings is 1. The van der Waals surface area contributed by atoms with E-state index in [1.54, 1.807) is 25.7 Å². The molecule has 2 aromatic heterocycles. The Labute approximate surface area is 173 Å². The summed E-state index contributed by atoms with van der Waals surface area (Å²) in [6.45, 7) is 7.67. The zero-order valence-electron chi connectivity index (χ0n) is 17.0. The molecule has 1 unspecified atom stereocenters. The number of nitrogen functional groups attached to an aromatic ring is 1. The zero-order valence-corrected chi connectivity index (χ0v) is 17.8. The fraction of sp³-hybridized carbons (Fsp3) is 0.526. The maximum absolute atomic E-state index is 12.6. The molecule has 9 nitrogen and oxygen atoms in total. The van der Waals surface area contributed by atoms with Gasteiger partial charge in [-0.15, -0.1) is 11.3 Å². The fourth-order valence-corrected chi connectivity index (χ4v) is 4.33. The molecule has 0 bridgehead atoms. The first-order valence-electron chi connectivity index (χ1n) is 9.55. The van der Waals surface area contributed by atoms with Crippen molar-refractivity contribution in [1.82, 2.24) is 19.9 Å². The fourth-order valence-electron chi connectivity index (χ4n) is 3.38. The quantitative estimate of drug-likeness (QED) is 0.593. The number of carbonyl (C=O) groups excluding carboxylic acids is 2. The third kappa shape index (κ3) is 4.64. The van der Waals surface area contributed by atoms with Crippen molar-refractivity contribution in [2.24, 2.45) is 0 Å². The molecular formula is C19H25N5O4S. The van der Waals surface area contributed by atoms with Crippen molar-refractivity contribution in [3.8, 4) is 0 Å². The molecule has 0 radical (unpaired) electrons. The third-order valence-corrected chi connectivity index (χ3v) is 5.88. The van der Waals surface area contributed by atoms with Gasteiger partial charge in [0.05, 0.1) is 22.8 Å². The molecule has 0 saturated carbocycles. The number of hydrogen-bond donors (Lipinski definition) is 1. The molecule has 10 heteroatoms. The van der Waals surface area contributed by atoms with Gasteiger partial charge in [-0.3, -0.25) is 4.98 Å². The van der Waals surface area contributed by atoms with Gasteiger partial charge in [0.25, 0.3) is 0 Å².